The lowest BCUT2D eigenvalue weighted by molar-refractivity contribution is -0.0440. The van der Waals surface area contributed by atoms with Crippen molar-refractivity contribution in [1.29, 1.82) is 0 Å². The molecule has 1 saturated heterocycles. The highest BCUT2D eigenvalue weighted by Gasteiger charge is 2.32. The van der Waals surface area contributed by atoms with Gasteiger partial charge >= 0.3 is 0 Å². The number of rotatable bonds is 3. The molecule has 1 aliphatic heterocycles. The lowest BCUT2D eigenvalue weighted by Crippen LogP contribution is -2.47. The van der Waals surface area contributed by atoms with Gasteiger partial charge in [0.1, 0.15) is 0 Å². The predicted molar refractivity (Wildman–Crippen MR) is 75.1 cm³/mol. The summed E-state index contributed by atoms with van der Waals surface area (Å²) in [7, 11) is 0. The van der Waals surface area contributed by atoms with Crippen LogP contribution in [0.25, 0.3) is 0 Å². The highest BCUT2D eigenvalue weighted by Crippen LogP contribution is 2.31. The molecule has 0 spiro atoms. The Bertz CT molecular complexity index is 382. The second-order valence-electron chi connectivity index (χ2n) is 6.21. The molecule has 1 aromatic heterocycles. The SMILES string of the molecule is CC1CC(NC2CCCC2n2ccnc2)CC(C)O1. The van der Waals surface area contributed by atoms with Crippen LogP contribution in [0.15, 0.2) is 18.7 Å². The first-order valence-electron chi connectivity index (χ1n) is 7.61. The standard InChI is InChI=1S/C15H25N3O/c1-11-8-13(9-12(2)19-11)17-14-4-3-5-15(14)18-7-6-16-10-18/h6-7,10-15,17H,3-5,8-9H2,1-2H3. The van der Waals surface area contributed by atoms with E-state index < -0.39 is 0 Å². The molecule has 0 radical (unpaired) electrons. The summed E-state index contributed by atoms with van der Waals surface area (Å²) < 4.78 is 8.10. The zero-order chi connectivity index (χ0) is 13.2. The number of hydrogen-bond donors (Lipinski definition) is 1. The molecule has 1 saturated carbocycles. The van der Waals surface area contributed by atoms with E-state index in [0.717, 1.165) is 12.8 Å². The molecular weight excluding hydrogens is 238 g/mol. The minimum Gasteiger partial charge on any atom is -0.375 e. The van der Waals surface area contributed by atoms with Gasteiger partial charge in [0.25, 0.3) is 0 Å². The fourth-order valence-electron chi connectivity index (χ4n) is 3.80. The van der Waals surface area contributed by atoms with Crippen LogP contribution < -0.4 is 5.32 Å². The summed E-state index contributed by atoms with van der Waals surface area (Å²) in [5.41, 5.74) is 0. The van der Waals surface area contributed by atoms with Gasteiger partial charge in [-0.1, -0.05) is 0 Å². The molecule has 19 heavy (non-hydrogen) atoms. The molecule has 106 valence electrons. The van der Waals surface area contributed by atoms with Gasteiger partial charge in [-0.05, 0) is 46.0 Å². The molecule has 1 aromatic rings. The largest absolute Gasteiger partial charge is 0.375 e. The average molecular weight is 263 g/mol. The van der Waals surface area contributed by atoms with Gasteiger partial charge in [-0.15, -0.1) is 0 Å². The van der Waals surface area contributed by atoms with Gasteiger partial charge < -0.3 is 14.6 Å². The lowest BCUT2D eigenvalue weighted by Gasteiger charge is -2.35. The molecule has 4 nitrogen and oxygen atoms in total. The molecule has 1 aliphatic carbocycles. The summed E-state index contributed by atoms with van der Waals surface area (Å²) in [4.78, 5) is 4.19. The van der Waals surface area contributed by atoms with Crippen molar-refractivity contribution in [2.75, 3.05) is 0 Å². The molecule has 2 heterocycles. The highest BCUT2D eigenvalue weighted by atomic mass is 16.5. The molecule has 0 aromatic carbocycles. The molecule has 1 N–H and O–H groups in total. The van der Waals surface area contributed by atoms with Crippen molar-refractivity contribution in [3.8, 4) is 0 Å². The lowest BCUT2D eigenvalue weighted by atomic mass is 9.98. The second-order valence-corrected chi connectivity index (χ2v) is 6.21. The Morgan fingerprint density at radius 2 is 2.00 bits per heavy atom. The van der Waals surface area contributed by atoms with Crippen LogP contribution in [0.5, 0.6) is 0 Å². The number of nitrogens with one attached hydrogen (secondary N) is 1. The molecule has 4 heteroatoms. The Morgan fingerprint density at radius 3 is 2.68 bits per heavy atom. The monoisotopic (exact) mass is 263 g/mol. The molecule has 4 atom stereocenters. The van der Waals surface area contributed by atoms with Crippen LogP contribution in [-0.2, 0) is 4.74 Å². The first-order valence-corrected chi connectivity index (χ1v) is 7.61. The zero-order valence-corrected chi connectivity index (χ0v) is 12.0. The summed E-state index contributed by atoms with van der Waals surface area (Å²) in [5.74, 6) is 0. The van der Waals surface area contributed by atoms with Crippen molar-refractivity contribution in [3.63, 3.8) is 0 Å². The Balaban J connectivity index is 1.62. The number of hydrogen-bond acceptors (Lipinski definition) is 3. The third-order valence-corrected chi connectivity index (χ3v) is 4.53. The van der Waals surface area contributed by atoms with Crippen molar-refractivity contribution in [1.82, 2.24) is 14.9 Å². The molecule has 2 fully saturated rings. The first-order chi connectivity index (χ1) is 9.22. The number of ether oxygens (including phenoxy) is 1. The van der Waals surface area contributed by atoms with Crippen LogP contribution in [0.3, 0.4) is 0 Å². The van der Waals surface area contributed by atoms with Gasteiger partial charge in [-0.3, -0.25) is 0 Å². The number of aromatic nitrogens is 2. The molecule has 0 amide bonds. The van der Waals surface area contributed by atoms with E-state index in [1.807, 2.05) is 12.5 Å². The van der Waals surface area contributed by atoms with E-state index in [4.69, 9.17) is 4.74 Å². The van der Waals surface area contributed by atoms with Crippen LogP contribution in [0.4, 0.5) is 0 Å². The van der Waals surface area contributed by atoms with Gasteiger partial charge in [-0.2, -0.15) is 0 Å². The minimum absolute atomic E-state index is 0.384. The average Bonchev–Trinajstić information content (AvgIpc) is 2.96. The maximum absolute atomic E-state index is 5.82. The van der Waals surface area contributed by atoms with Crippen molar-refractivity contribution in [2.24, 2.45) is 0 Å². The summed E-state index contributed by atoms with van der Waals surface area (Å²) in [6.07, 6.45) is 12.8. The maximum atomic E-state index is 5.82. The molecular formula is C15H25N3O. The van der Waals surface area contributed by atoms with Gasteiger partial charge in [0.2, 0.25) is 0 Å². The topological polar surface area (TPSA) is 39.1 Å². The Kier molecular flexibility index (Phi) is 3.89. The zero-order valence-electron chi connectivity index (χ0n) is 12.0. The van der Waals surface area contributed by atoms with Crippen LogP contribution in [0.2, 0.25) is 0 Å². The summed E-state index contributed by atoms with van der Waals surface area (Å²) in [6.45, 7) is 4.37. The third kappa shape index (κ3) is 3.00. The third-order valence-electron chi connectivity index (χ3n) is 4.53. The van der Waals surface area contributed by atoms with E-state index in [2.05, 4.69) is 34.9 Å². The predicted octanol–water partition coefficient (Wildman–Crippen LogP) is 2.52. The van der Waals surface area contributed by atoms with Crippen molar-refractivity contribution in [3.05, 3.63) is 18.7 Å². The summed E-state index contributed by atoms with van der Waals surface area (Å²) in [6, 6.07) is 1.78. The highest BCUT2D eigenvalue weighted by molar-refractivity contribution is 4.94. The van der Waals surface area contributed by atoms with Crippen molar-refractivity contribution < 1.29 is 4.74 Å². The molecule has 4 unspecified atom stereocenters. The van der Waals surface area contributed by atoms with Crippen molar-refractivity contribution >= 4 is 0 Å². The fraction of sp³-hybridized carbons (Fsp3) is 0.800. The van der Waals surface area contributed by atoms with E-state index in [1.165, 1.54) is 19.3 Å². The van der Waals surface area contributed by atoms with Gasteiger partial charge in [0.15, 0.2) is 0 Å². The molecule has 3 rings (SSSR count). The van der Waals surface area contributed by atoms with E-state index >= 15 is 0 Å². The van der Waals surface area contributed by atoms with Crippen LogP contribution in [-0.4, -0.2) is 33.8 Å². The minimum atomic E-state index is 0.384. The Labute approximate surface area is 115 Å². The van der Waals surface area contributed by atoms with Gasteiger partial charge in [0, 0.05) is 30.5 Å². The normalized spacial score (nSPS) is 39.6. The quantitative estimate of drug-likeness (QED) is 0.911. The van der Waals surface area contributed by atoms with E-state index in [0.29, 0.717) is 30.3 Å². The smallest absolute Gasteiger partial charge is 0.0949 e. The molecule has 0 bridgehead atoms. The first kappa shape index (κ1) is 13.1. The van der Waals surface area contributed by atoms with Crippen LogP contribution >= 0.6 is 0 Å². The summed E-state index contributed by atoms with van der Waals surface area (Å²) in [5, 5.41) is 3.89. The van der Waals surface area contributed by atoms with Crippen molar-refractivity contribution in [2.45, 2.75) is 76.3 Å². The van der Waals surface area contributed by atoms with Gasteiger partial charge in [0.05, 0.1) is 18.5 Å². The van der Waals surface area contributed by atoms with Gasteiger partial charge in [-0.25, -0.2) is 4.98 Å². The van der Waals surface area contributed by atoms with E-state index in [9.17, 15) is 0 Å². The second kappa shape index (κ2) is 5.63. The van der Waals surface area contributed by atoms with E-state index in [-0.39, 0.29) is 0 Å². The molecule has 2 aliphatic rings. The van der Waals surface area contributed by atoms with Crippen LogP contribution in [0.1, 0.15) is 52.0 Å². The number of nitrogens with zero attached hydrogens (tertiary/aromatic N) is 2. The van der Waals surface area contributed by atoms with Crippen LogP contribution in [0, 0.1) is 0 Å². The number of imidazole rings is 1. The Hall–Kier alpha value is -0.870. The fourth-order valence-corrected chi connectivity index (χ4v) is 3.80. The maximum Gasteiger partial charge on any atom is 0.0949 e. The van der Waals surface area contributed by atoms with E-state index in [1.54, 1.807) is 0 Å². The Morgan fingerprint density at radius 1 is 1.21 bits per heavy atom. The summed E-state index contributed by atoms with van der Waals surface area (Å²) >= 11 is 0.